The van der Waals surface area contributed by atoms with Gasteiger partial charge in [0, 0.05) is 6.20 Å². The molecule has 0 aliphatic rings. The van der Waals surface area contributed by atoms with Gasteiger partial charge in [-0.15, -0.1) is 0 Å². The number of nitrogens with zero attached hydrogens (tertiary/aromatic N) is 2. The molecule has 0 radical (unpaired) electrons. The molecule has 0 aliphatic heterocycles. The maximum atomic E-state index is 11.9. The molecule has 0 saturated carbocycles. The zero-order valence-corrected chi connectivity index (χ0v) is 10.6. The van der Waals surface area contributed by atoms with Crippen molar-refractivity contribution in [3.8, 4) is 6.07 Å². The smallest absolute Gasteiger partial charge is 0.229 e. The number of aromatic nitrogens is 1. The van der Waals surface area contributed by atoms with Crippen LogP contribution in [0.3, 0.4) is 0 Å². The summed E-state index contributed by atoms with van der Waals surface area (Å²) in [5.41, 5.74) is 2.38. The van der Waals surface area contributed by atoms with E-state index >= 15 is 0 Å². The molecule has 0 fully saturated rings. The van der Waals surface area contributed by atoms with Gasteiger partial charge >= 0.3 is 0 Å². The van der Waals surface area contributed by atoms with Crippen molar-refractivity contribution in [2.24, 2.45) is 0 Å². The highest BCUT2D eigenvalue weighted by Gasteiger charge is 2.06. The predicted octanol–water partition coefficient (Wildman–Crippen LogP) is 2.44. The van der Waals surface area contributed by atoms with Gasteiger partial charge < -0.3 is 5.32 Å². The fraction of sp³-hybridized carbons (Fsp3) is 0.133. The monoisotopic (exact) mass is 251 g/mol. The number of benzene rings is 1. The summed E-state index contributed by atoms with van der Waals surface area (Å²) in [6, 6.07) is 12.7. The molecule has 2 aromatic rings. The Kier molecular flexibility index (Phi) is 3.89. The molecule has 1 heterocycles. The van der Waals surface area contributed by atoms with E-state index in [-0.39, 0.29) is 12.3 Å². The Morgan fingerprint density at radius 2 is 2.05 bits per heavy atom. The van der Waals surface area contributed by atoms with E-state index in [1.807, 2.05) is 25.1 Å². The number of nitriles is 1. The van der Waals surface area contributed by atoms with Gasteiger partial charge in [0.05, 0.1) is 18.1 Å². The summed E-state index contributed by atoms with van der Waals surface area (Å²) in [5, 5.41) is 11.5. The van der Waals surface area contributed by atoms with Crippen molar-refractivity contribution >= 4 is 11.7 Å². The van der Waals surface area contributed by atoms with Crippen molar-refractivity contribution in [2.45, 2.75) is 13.3 Å². The van der Waals surface area contributed by atoms with Gasteiger partial charge in [-0.1, -0.05) is 18.2 Å². The molecule has 1 amide bonds. The highest BCUT2D eigenvalue weighted by molar-refractivity contribution is 5.91. The zero-order chi connectivity index (χ0) is 13.7. The molecule has 1 N–H and O–H groups in total. The van der Waals surface area contributed by atoms with Crippen molar-refractivity contribution < 1.29 is 4.79 Å². The average Bonchev–Trinajstić information content (AvgIpc) is 2.42. The lowest BCUT2D eigenvalue weighted by Gasteiger charge is -2.06. The highest BCUT2D eigenvalue weighted by Crippen LogP contribution is 2.10. The third-order valence-electron chi connectivity index (χ3n) is 2.71. The first-order chi connectivity index (χ1) is 9.19. The van der Waals surface area contributed by atoms with Crippen LogP contribution in [-0.4, -0.2) is 10.9 Å². The summed E-state index contributed by atoms with van der Waals surface area (Å²) in [6.07, 6.45) is 1.91. The van der Waals surface area contributed by atoms with Crippen LogP contribution in [0.5, 0.6) is 0 Å². The number of pyridine rings is 1. The molecular formula is C15H13N3O. The average molecular weight is 251 g/mol. The number of aryl methyl sites for hydroxylation is 1. The molecule has 0 aliphatic carbocycles. The summed E-state index contributed by atoms with van der Waals surface area (Å²) in [6.45, 7) is 1.89. The number of amides is 1. The second-order valence-electron chi connectivity index (χ2n) is 4.20. The molecule has 1 aromatic carbocycles. The van der Waals surface area contributed by atoms with Crippen molar-refractivity contribution in [1.82, 2.24) is 4.98 Å². The molecule has 4 nitrogen and oxygen atoms in total. The first-order valence-corrected chi connectivity index (χ1v) is 5.89. The summed E-state index contributed by atoms with van der Waals surface area (Å²) in [4.78, 5) is 16.0. The van der Waals surface area contributed by atoms with E-state index in [0.29, 0.717) is 11.4 Å². The predicted molar refractivity (Wildman–Crippen MR) is 72.5 cm³/mol. The third-order valence-corrected chi connectivity index (χ3v) is 2.71. The van der Waals surface area contributed by atoms with E-state index in [1.165, 1.54) is 0 Å². The molecule has 1 aromatic heterocycles. The van der Waals surface area contributed by atoms with Crippen molar-refractivity contribution in [3.63, 3.8) is 0 Å². The summed E-state index contributed by atoms with van der Waals surface area (Å²) < 4.78 is 0. The second-order valence-corrected chi connectivity index (χ2v) is 4.20. The quantitative estimate of drug-likeness (QED) is 0.911. The Morgan fingerprint density at radius 1 is 1.32 bits per heavy atom. The second kappa shape index (κ2) is 5.78. The van der Waals surface area contributed by atoms with Crippen molar-refractivity contribution in [2.75, 3.05) is 5.32 Å². The first-order valence-electron chi connectivity index (χ1n) is 5.89. The van der Waals surface area contributed by atoms with Gasteiger partial charge in [0.2, 0.25) is 5.91 Å². The Bertz CT molecular complexity index is 627. The minimum absolute atomic E-state index is 0.119. The molecule has 0 saturated heterocycles. The summed E-state index contributed by atoms with van der Waals surface area (Å²) in [5.74, 6) is 0.465. The minimum Gasteiger partial charge on any atom is -0.310 e. The molecule has 4 heteroatoms. The van der Waals surface area contributed by atoms with Crippen LogP contribution in [0, 0.1) is 18.3 Å². The van der Waals surface area contributed by atoms with E-state index in [4.69, 9.17) is 5.26 Å². The van der Waals surface area contributed by atoms with Crippen LogP contribution in [0.2, 0.25) is 0 Å². The number of anilines is 1. The topological polar surface area (TPSA) is 65.8 Å². The third kappa shape index (κ3) is 3.39. The largest absolute Gasteiger partial charge is 0.310 e. The van der Waals surface area contributed by atoms with E-state index in [1.54, 1.807) is 30.5 Å². The van der Waals surface area contributed by atoms with Crippen molar-refractivity contribution in [3.05, 3.63) is 59.3 Å². The highest BCUT2D eigenvalue weighted by atomic mass is 16.1. The van der Waals surface area contributed by atoms with Gasteiger partial charge in [-0.3, -0.25) is 4.79 Å². The van der Waals surface area contributed by atoms with Gasteiger partial charge in [0.1, 0.15) is 5.82 Å². The molecule has 0 bridgehead atoms. The Hall–Kier alpha value is -2.67. The standard InChI is InChI=1S/C15H13N3O/c1-11-3-2-8-17-15(11)18-14(19)9-12-4-6-13(10-16)7-5-12/h2-8H,9H2,1H3,(H,17,18,19). The Morgan fingerprint density at radius 3 is 2.68 bits per heavy atom. The molecule has 19 heavy (non-hydrogen) atoms. The van der Waals surface area contributed by atoms with Crippen LogP contribution in [-0.2, 0) is 11.2 Å². The molecule has 0 atom stereocenters. The minimum atomic E-state index is -0.119. The maximum Gasteiger partial charge on any atom is 0.229 e. The van der Waals surface area contributed by atoms with Crippen LogP contribution in [0.25, 0.3) is 0 Å². The maximum absolute atomic E-state index is 11.9. The van der Waals surface area contributed by atoms with Crippen LogP contribution in [0.4, 0.5) is 5.82 Å². The molecule has 94 valence electrons. The fourth-order valence-corrected chi connectivity index (χ4v) is 1.68. The number of nitrogens with one attached hydrogen (secondary N) is 1. The lowest BCUT2D eigenvalue weighted by molar-refractivity contribution is -0.115. The van der Waals surface area contributed by atoms with E-state index in [0.717, 1.165) is 11.1 Å². The molecular weight excluding hydrogens is 238 g/mol. The van der Waals surface area contributed by atoms with Gasteiger partial charge in [-0.25, -0.2) is 4.98 Å². The molecule has 0 spiro atoms. The van der Waals surface area contributed by atoms with E-state index in [2.05, 4.69) is 10.3 Å². The summed E-state index contributed by atoms with van der Waals surface area (Å²) in [7, 11) is 0. The number of carbonyl (C=O) groups excluding carboxylic acids is 1. The molecule has 0 unspecified atom stereocenters. The van der Waals surface area contributed by atoms with Gasteiger partial charge in [0.15, 0.2) is 0 Å². The van der Waals surface area contributed by atoms with Gasteiger partial charge in [-0.2, -0.15) is 5.26 Å². The van der Waals surface area contributed by atoms with Crippen LogP contribution in [0.15, 0.2) is 42.6 Å². The van der Waals surface area contributed by atoms with Crippen molar-refractivity contribution in [1.29, 1.82) is 5.26 Å². The van der Waals surface area contributed by atoms with Gasteiger partial charge in [0.25, 0.3) is 0 Å². The van der Waals surface area contributed by atoms with E-state index < -0.39 is 0 Å². The lowest BCUT2D eigenvalue weighted by Crippen LogP contribution is -2.16. The van der Waals surface area contributed by atoms with Crippen LogP contribution in [0.1, 0.15) is 16.7 Å². The van der Waals surface area contributed by atoms with Crippen LogP contribution < -0.4 is 5.32 Å². The summed E-state index contributed by atoms with van der Waals surface area (Å²) >= 11 is 0. The SMILES string of the molecule is Cc1cccnc1NC(=O)Cc1ccc(C#N)cc1. The van der Waals surface area contributed by atoms with Gasteiger partial charge in [-0.05, 0) is 36.2 Å². The number of rotatable bonds is 3. The zero-order valence-electron chi connectivity index (χ0n) is 10.6. The van der Waals surface area contributed by atoms with Crippen LogP contribution >= 0.6 is 0 Å². The first kappa shape index (κ1) is 12.8. The Balaban J connectivity index is 2.01. The number of hydrogen-bond acceptors (Lipinski definition) is 3. The lowest BCUT2D eigenvalue weighted by atomic mass is 10.1. The number of hydrogen-bond donors (Lipinski definition) is 1. The Labute approximate surface area is 111 Å². The normalized spacial score (nSPS) is 9.68. The fourth-order valence-electron chi connectivity index (χ4n) is 1.68. The number of carbonyl (C=O) groups is 1. The van der Waals surface area contributed by atoms with E-state index in [9.17, 15) is 4.79 Å². The molecule has 2 rings (SSSR count).